The van der Waals surface area contributed by atoms with Crippen molar-refractivity contribution < 1.29 is 9.21 Å². The highest BCUT2D eigenvalue weighted by Gasteiger charge is 2.15. The SMILES string of the molecule is O=C(CCc1ccc(-c2ccccc2)o1)NC1CCCCCC1. The third-order valence-corrected chi connectivity index (χ3v) is 4.54. The Kier molecular flexibility index (Phi) is 5.51. The van der Waals surface area contributed by atoms with Gasteiger partial charge in [-0.15, -0.1) is 0 Å². The molecular formula is C20H25NO2. The molecule has 0 radical (unpaired) electrons. The van der Waals surface area contributed by atoms with Crippen molar-refractivity contribution in [3.05, 3.63) is 48.2 Å². The first kappa shape index (κ1) is 15.9. The fraction of sp³-hybridized carbons (Fsp3) is 0.450. The molecule has 1 amide bonds. The van der Waals surface area contributed by atoms with E-state index in [2.05, 4.69) is 5.32 Å². The summed E-state index contributed by atoms with van der Waals surface area (Å²) in [7, 11) is 0. The summed E-state index contributed by atoms with van der Waals surface area (Å²) in [5, 5.41) is 3.19. The minimum atomic E-state index is 0.148. The third-order valence-electron chi connectivity index (χ3n) is 4.54. The second-order valence-corrected chi connectivity index (χ2v) is 6.39. The summed E-state index contributed by atoms with van der Waals surface area (Å²) in [6.45, 7) is 0. The Balaban J connectivity index is 1.48. The van der Waals surface area contributed by atoms with Crippen LogP contribution in [0.1, 0.15) is 50.7 Å². The van der Waals surface area contributed by atoms with Crippen LogP contribution >= 0.6 is 0 Å². The van der Waals surface area contributed by atoms with Gasteiger partial charge >= 0.3 is 0 Å². The predicted molar refractivity (Wildman–Crippen MR) is 92.1 cm³/mol. The molecule has 3 rings (SSSR count). The summed E-state index contributed by atoms with van der Waals surface area (Å²) < 4.78 is 5.85. The number of aryl methyl sites for hydroxylation is 1. The number of carbonyl (C=O) groups excluding carboxylic acids is 1. The van der Waals surface area contributed by atoms with Gasteiger partial charge in [-0.1, -0.05) is 56.0 Å². The highest BCUT2D eigenvalue weighted by atomic mass is 16.3. The number of carbonyl (C=O) groups is 1. The zero-order chi connectivity index (χ0) is 15.9. The first-order valence-electron chi connectivity index (χ1n) is 8.75. The Hall–Kier alpha value is -2.03. The maximum Gasteiger partial charge on any atom is 0.220 e. The molecule has 0 saturated heterocycles. The van der Waals surface area contributed by atoms with E-state index in [1.165, 1.54) is 25.7 Å². The van der Waals surface area contributed by atoms with Crippen LogP contribution in [0.2, 0.25) is 0 Å². The number of furan rings is 1. The second-order valence-electron chi connectivity index (χ2n) is 6.39. The zero-order valence-corrected chi connectivity index (χ0v) is 13.6. The van der Waals surface area contributed by atoms with E-state index < -0.39 is 0 Å². The molecule has 1 aliphatic rings. The van der Waals surface area contributed by atoms with Gasteiger partial charge in [0.2, 0.25) is 5.91 Å². The van der Waals surface area contributed by atoms with Crippen LogP contribution in [0.5, 0.6) is 0 Å². The third kappa shape index (κ3) is 4.72. The molecule has 0 aliphatic heterocycles. The Morgan fingerprint density at radius 3 is 2.48 bits per heavy atom. The van der Waals surface area contributed by atoms with E-state index in [-0.39, 0.29) is 5.91 Å². The van der Waals surface area contributed by atoms with E-state index in [4.69, 9.17) is 4.42 Å². The van der Waals surface area contributed by atoms with Crippen molar-refractivity contribution in [2.75, 3.05) is 0 Å². The Bertz CT molecular complexity index is 610. The molecule has 0 bridgehead atoms. The maximum absolute atomic E-state index is 12.1. The molecule has 23 heavy (non-hydrogen) atoms. The van der Waals surface area contributed by atoms with Crippen molar-refractivity contribution in [3.63, 3.8) is 0 Å². The minimum absolute atomic E-state index is 0.148. The molecule has 1 saturated carbocycles. The van der Waals surface area contributed by atoms with Crippen LogP contribution in [-0.4, -0.2) is 11.9 Å². The highest BCUT2D eigenvalue weighted by molar-refractivity contribution is 5.76. The average molecular weight is 311 g/mol. The van der Waals surface area contributed by atoms with Gasteiger partial charge < -0.3 is 9.73 Å². The van der Waals surface area contributed by atoms with Crippen LogP contribution in [0.25, 0.3) is 11.3 Å². The van der Waals surface area contributed by atoms with Crippen LogP contribution < -0.4 is 5.32 Å². The van der Waals surface area contributed by atoms with Gasteiger partial charge in [-0.3, -0.25) is 4.79 Å². The average Bonchev–Trinajstić information content (AvgIpc) is 2.91. The van der Waals surface area contributed by atoms with E-state index in [0.29, 0.717) is 18.9 Å². The largest absolute Gasteiger partial charge is 0.461 e. The minimum Gasteiger partial charge on any atom is -0.461 e. The first-order chi connectivity index (χ1) is 11.3. The van der Waals surface area contributed by atoms with Crippen molar-refractivity contribution in [1.29, 1.82) is 0 Å². The van der Waals surface area contributed by atoms with Gasteiger partial charge in [0.25, 0.3) is 0 Å². The van der Waals surface area contributed by atoms with Gasteiger partial charge in [-0.05, 0) is 25.0 Å². The number of benzene rings is 1. The van der Waals surface area contributed by atoms with Crippen molar-refractivity contribution in [2.45, 2.75) is 57.4 Å². The van der Waals surface area contributed by atoms with Gasteiger partial charge in [-0.25, -0.2) is 0 Å². The van der Waals surface area contributed by atoms with Gasteiger partial charge in [0.15, 0.2) is 0 Å². The molecule has 0 unspecified atom stereocenters. The number of hydrogen-bond acceptors (Lipinski definition) is 2. The zero-order valence-electron chi connectivity index (χ0n) is 13.6. The van der Waals surface area contributed by atoms with Gasteiger partial charge in [0.1, 0.15) is 11.5 Å². The van der Waals surface area contributed by atoms with Gasteiger partial charge in [-0.2, -0.15) is 0 Å². The molecular weight excluding hydrogens is 286 g/mol. The number of rotatable bonds is 5. The highest BCUT2D eigenvalue weighted by Crippen LogP contribution is 2.22. The number of nitrogens with one attached hydrogen (secondary N) is 1. The van der Waals surface area contributed by atoms with E-state index in [0.717, 1.165) is 29.9 Å². The van der Waals surface area contributed by atoms with Crippen molar-refractivity contribution >= 4 is 5.91 Å². The van der Waals surface area contributed by atoms with E-state index in [1.807, 2.05) is 42.5 Å². The standard InChI is InChI=1S/C20H25NO2/c22-20(21-17-10-6-1-2-7-11-17)15-13-18-12-14-19(23-18)16-8-4-3-5-9-16/h3-5,8-9,12,14,17H,1-2,6-7,10-11,13,15H2,(H,21,22). The molecule has 2 aromatic rings. The van der Waals surface area contributed by atoms with E-state index in [1.54, 1.807) is 0 Å². The van der Waals surface area contributed by atoms with Crippen molar-refractivity contribution in [1.82, 2.24) is 5.32 Å². The van der Waals surface area contributed by atoms with Crippen molar-refractivity contribution in [2.24, 2.45) is 0 Å². The maximum atomic E-state index is 12.1. The Labute approximate surface area is 138 Å². The summed E-state index contributed by atoms with van der Waals surface area (Å²) in [6, 6.07) is 14.4. The summed E-state index contributed by atoms with van der Waals surface area (Å²) in [5.41, 5.74) is 1.07. The molecule has 0 spiro atoms. The molecule has 3 heteroatoms. The lowest BCUT2D eigenvalue weighted by atomic mass is 10.1. The lowest BCUT2D eigenvalue weighted by molar-refractivity contribution is -0.121. The molecule has 1 aromatic carbocycles. The van der Waals surface area contributed by atoms with E-state index in [9.17, 15) is 4.79 Å². The fourth-order valence-electron chi connectivity index (χ4n) is 3.23. The molecule has 1 heterocycles. The van der Waals surface area contributed by atoms with Crippen LogP contribution in [-0.2, 0) is 11.2 Å². The van der Waals surface area contributed by atoms with Crippen LogP contribution in [0, 0.1) is 0 Å². The summed E-state index contributed by atoms with van der Waals surface area (Å²) in [4.78, 5) is 12.1. The molecule has 122 valence electrons. The Morgan fingerprint density at radius 1 is 1.00 bits per heavy atom. The van der Waals surface area contributed by atoms with E-state index >= 15 is 0 Å². The van der Waals surface area contributed by atoms with Gasteiger partial charge in [0.05, 0.1) is 0 Å². The fourth-order valence-corrected chi connectivity index (χ4v) is 3.23. The number of amides is 1. The summed E-state index contributed by atoms with van der Waals surface area (Å²) in [6.07, 6.45) is 8.51. The predicted octanol–water partition coefficient (Wildman–Crippen LogP) is 4.72. The second kappa shape index (κ2) is 8.00. The first-order valence-corrected chi connectivity index (χ1v) is 8.75. The topological polar surface area (TPSA) is 42.2 Å². The molecule has 1 aliphatic carbocycles. The molecule has 1 aromatic heterocycles. The summed E-state index contributed by atoms with van der Waals surface area (Å²) >= 11 is 0. The number of hydrogen-bond donors (Lipinski definition) is 1. The molecule has 0 atom stereocenters. The van der Waals surface area contributed by atoms with Crippen LogP contribution in [0.3, 0.4) is 0 Å². The van der Waals surface area contributed by atoms with Gasteiger partial charge in [0, 0.05) is 24.4 Å². The molecule has 1 N–H and O–H groups in total. The monoisotopic (exact) mass is 311 g/mol. The quantitative estimate of drug-likeness (QED) is 0.812. The van der Waals surface area contributed by atoms with Crippen LogP contribution in [0.4, 0.5) is 0 Å². The van der Waals surface area contributed by atoms with Crippen molar-refractivity contribution in [3.8, 4) is 11.3 Å². The lowest BCUT2D eigenvalue weighted by Gasteiger charge is -2.15. The molecule has 3 nitrogen and oxygen atoms in total. The lowest BCUT2D eigenvalue weighted by Crippen LogP contribution is -2.34. The van der Waals surface area contributed by atoms with Crippen LogP contribution in [0.15, 0.2) is 46.9 Å². The molecule has 1 fully saturated rings. The normalized spacial score (nSPS) is 16.0. The summed E-state index contributed by atoms with van der Waals surface area (Å²) in [5.74, 6) is 1.89. The Morgan fingerprint density at radius 2 is 1.74 bits per heavy atom. The smallest absolute Gasteiger partial charge is 0.220 e.